The van der Waals surface area contributed by atoms with Gasteiger partial charge >= 0.3 is 0 Å². The van der Waals surface area contributed by atoms with Crippen LogP contribution in [-0.4, -0.2) is 37.6 Å². The number of benzene rings is 2. The van der Waals surface area contributed by atoms with Crippen LogP contribution in [-0.2, 0) is 20.7 Å². The van der Waals surface area contributed by atoms with Crippen molar-refractivity contribution in [3.05, 3.63) is 48.0 Å². The smallest absolute Gasteiger partial charge is 0.242 e. The second kappa shape index (κ2) is 11.3. The van der Waals surface area contributed by atoms with Crippen molar-refractivity contribution in [3.63, 3.8) is 0 Å². The molecule has 5 nitrogen and oxygen atoms in total. The number of nitrogens with one attached hydrogen (secondary N) is 2. The van der Waals surface area contributed by atoms with Gasteiger partial charge in [-0.2, -0.15) is 0 Å². The Labute approximate surface area is 161 Å². The Bertz CT molecular complexity index is 740. The lowest BCUT2D eigenvalue weighted by Crippen LogP contribution is -2.45. The first kappa shape index (κ1) is 20.9. The highest BCUT2D eigenvalue weighted by Gasteiger charge is 2.15. The summed E-state index contributed by atoms with van der Waals surface area (Å²) in [6.07, 6.45) is 3.20. The maximum absolute atomic E-state index is 12.3. The van der Waals surface area contributed by atoms with Gasteiger partial charge in [-0.15, -0.1) is 0 Å². The molecule has 0 spiro atoms. The third kappa shape index (κ3) is 7.02. The maximum atomic E-state index is 12.3. The molecule has 0 fully saturated rings. The molecule has 2 N–H and O–H groups in total. The van der Waals surface area contributed by atoms with Crippen molar-refractivity contribution in [2.45, 2.75) is 45.6 Å². The lowest BCUT2D eigenvalue weighted by atomic mass is 10.0. The molecule has 2 amide bonds. The van der Waals surface area contributed by atoms with Gasteiger partial charge in [0.2, 0.25) is 11.8 Å². The average molecular weight is 370 g/mol. The molecule has 0 radical (unpaired) electrons. The zero-order valence-corrected chi connectivity index (χ0v) is 16.3. The topological polar surface area (TPSA) is 67.4 Å². The summed E-state index contributed by atoms with van der Waals surface area (Å²) in [5.41, 5.74) is 0.961. The standard InChI is InChI=1S/C22H30N2O3/c1-3-4-14-27-15-8-13-23-22(26)17(2)24-21(25)16-19-11-7-10-18-9-5-6-12-20(18)19/h5-7,9-12,17H,3-4,8,13-16H2,1-2H3,(H,23,26)(H,24,25)/t17-/m1/s1. The first-order valence-corrected chi connectivity index (χ1v) is 9.73. The summed E-state index contributed by atoms with van der Waals surface area (Å²) in [6, 6.07) is 13.3. The van der Waals surface area contributed by atoms with Crippen molar-refractivity contribution in [2.24, 2.45) is 0 Å². The van der Waals surface area contributed by atoms with Gasteiger partial charge in [0, 0.05) is 19.8 Å². The SMILES string of the molecule is CCCCOCCCNC(=O)[C@@H](C)NC(=O)Cc1cccc2ccccc12. The highest BCUT2D eigenvalue weighted by atomic mass is 16.5. The van der Waals surface area contributed by atoms with Crippen LogP contribution < -0.4 is 10.6 Å². The molecule has 0 aliphatic rings. The molecule has 0 unspecified atom stereocenters. The summed E-state index contributed by atoms with van der Waals surface area (Å²) < 4.78 is 5.46. The molecule has 0 saturated carbocycles. The third-order valence-electron chi connectivity index (χ3n) is 4.41. The molecule has 0 saturated heterocycles. The summed E-state index contributed by atoms with van der Waals surface area (Å²) in [6.45, 7) is 5.79. The highest BCUT2D eigenvalue weighted by Crippen LogP contribution is 2.18. The van der Waals surface area contributed by atoms with E-state index in [1.54, 1.807) is 6.92 Å². The van der Waals surface area contributed by atoms with E-state index in [1.807, 2.05) is 42.5 Å². The Morgan fingerprint density at radius 1 is 1.04 bits per heavy atom. The minimum absolute atomic E-state index is 0.156. The second-order valence-electron chi connectivity index (χ2n) is 6.71. The molecule has 27 heavy (non-hydrogen) atoms. The molecule has 2 aromatic carbocycles. The maximum Gasteiger partial charge on any atom is 0.242 e. The number of carbonyl (C=O) groups excluding carboxylic acids is 2. The molecular formula is C22H30N2O3. The van der Waals surface area contributed by atoms with Crippen molar-refractivity contribution in [1.82, 2.24) is 10.6 Å². The summed E-state index contributed by atoms with van der Waals surface area (Å²) in [5, 5.41) is 7.79. The minimum atomic E-state index is -0.562. The summed E-state index contributed by atoms with van der Waals surface area (Å²) in [5.74, 6) is -0.327. The van der Waals surface area contributed by atoms with E-state index in [1.165, 1.54) is 0 Å². The van der Waals surface area contributed by atoms with E-state index in [-0.39, 0.29) is 18.2 Å². The van der Waals surface area contributed by atoms with Crippen LogP contribution in [0.15, 0.2) is 42.5 Å². The lowest BCUT2D eigenvalue weighted by Gasteiger charge is -2.15. The number of hydrogen-bond acceptors (Lipinski definition) is 3. The lowest BCUT2D eigenvalue weighted by molar-refractivity contribution is -0.128. The van der Waals surface area contributed by atoms with Crippen molar-refractivity contribution >= 4 is 22.6 Å². The minimum Gasteiger partial charge on any atom is -0.381 e. The van der Waals surface area contributed by atoms with Crippen molar-refractivity contribution in [3.8, 4) is 0 Å². The van der Waals surface area contributed by atoms with Crippen molar-refractivity contribution in [2.75, 3.05) is 19.8 Å². The Hall–Kier alpha value is -2.40. The fourth-order valence-corrected chi connectivity index (χ4v) is 2.87. The molecular weight excluding hydrogens is 340 g/mol. The fraction of sp³-hybridized carbons (Fsp3) is 0.455. The van der Waals surface area contributed by atoms with Gasteiger partial charge in [-0.05, 0) is 36.1 Å². The van der Waals surface area contributed by atoms with Gasteiger partial charge in [0.15, 0.2) is 0 Å². The normalized spacial score (nSPS) is 11.9. The van der Waals surface area contributed by atoms with E-state index in [0.717, 1.165) is 42.2 Å². The molecule has 0 aliphatic heterocycles. The van der Waals surface area contributed by atoms with Crippen LogP contribution in [0.2, 0.25) is 0 Å². The third-order valence-corrected chi connectivity index (χ3v) is 4.41. The number of rotatable bonds is 11. The summed E-state index contributed by atoms with van der Waals surface area (Å²) >= 11 is 0. The predicted octanol–water partition coefficient (Wildman–Crippen LogP) is 3.21. The quantitative estimate of drug-likeness (QED) is 0.597. The van der Waals surface area contributed by atoms with Crippen LogP contribution in [0.4, 0.5) is 0 Å². The Balaban J connectivity index is 1.73. The van der Waals surface area contributed by atoms with E-state index in [9.17, 15) is 9.59 Å². The summed E-state index contributed by atoms with van der Waals surface area (Å²) in [4.78, 5) is 24.4. The molecule has 0 aliphatic carbocycles. The molecule has 2 rings (SSSR count). The molecule has 146 valence electrons. The second-order valence-corrected chi connectivity index (χ2v) is 6.71. The number of fused-ring (bicyclic) bond motifs is 1. The molecule has 0 bridgehead atoms. The monoisotopic (exact) mass is 370 g/mol. The van der Waals surface area contributed by atoms with Crippen LogP contribution >= 0.6 is 0 Å². The van der Waals surface area contributed by atoms with Gasteiger partial charge in [0.05, 0.1) is 6.42 Å². The Morgan fingerprint density at radius 3 is 2.59 bits per heavy atom. The van der Waals surface area contributed by atoms with E-state index in [4.69, 9.17) is 4.74 Å². The molecule has 0 aromatic heterocycles. The van der Waals surface area contributed by atoms with Crippen LogP contribution in [0.25, 0.3) is 10.8 Å². The van der Waals surface area contributed by atoms with E-state index in [0.29, 0.717) is 13.2 Å². The average Bonchev–Trinajstić information content (AvgIpc) is 2.67. The number of unbranched alkanes of at least 4 members (excludes halogenated alkanes) is 1. The van der Waals surface area contributed by atoms with Gasteiger partial charge in [0.1, 0.15) is 6.04 Å². The zero-order chi connectivity index (χ0) is 19.5. The van der Waals surface area contributed by atoms with Crippen molar-refractivity contribution in [1.29, 1.82) is 0 Å². The molecule has 5 heteroatoms. The number of amides is 2. The highest BCUT2D eigenvalue weighted by molar-refractivity contribution is 5.92. The fourth-order valence-electron chi connectivity index (χ4n) is 2.87. The number of ether oxygens (including phenoxy) is 1. The van der Waals surface area contributed by atoms with Crippen LogP contribution in [0.5, 0.6) is 0 Å². The first-order valence-electron chi connectivity index (χ1n) is 9.73. The van der Waals surface area contributed by atoms with Crippen molar-refractivity contribution < 1.29 is 14.3 Å². The van der Waals surface area contributed by atoms with Gasteiger partial charge in [0.25, 0.3) is 0 Å². The van der Waals surface area contributed by atoms with E-state index >= 15 is 0 Å². The first-order chi connectivity index (χ1) is 13.1. The molecule has 0 heterocycles. The largest absolute Gasteiger partial charge is 0.381 e. The van der Waals surface area contributed by atoms with Crippen LogP contribution in [0.3, 0.4) is 0 Å². The van der Waals surface area contributed by atoms with Crippen LogP contribution in [0, 0.1) is 0 Å². The zero-order valence-electron chi connectivity index (χ0n) is 16.3. The van der Waals surface area contributed by atoms with Gasteiger partial charge < -0.3 is 15.4 Å². The summed E-state index contributed by atoms with van der Waals surface area (Å²) in [7, 11) is 0. The molecule has 2 aromatic rings. The van der Waals surface area contributed by atoms with Gasteiger partial charge in [-0.25, -0.2) is 0 Å². The van der Waals surface area contributed by atoms with Gasteiger partial charge in [-0.3, -0.25) is 9.59 Å². The van der Waals surface area contributed by atoms with Gasteiger partial charge in [-0.1, -0.05) is 55.8 Å². The van der Waals surface area contributed by atoms with E-state index in [2.05, 4.69) is 17.6 Å². The number of hydrogen-bond donors (Lipinski definition) is 2. The Kier molecular flexibility index (Phi) is 8.78. The predicted molar refractivity (Wildman–Crippen MR) is 109 cm³/mol. The molecule has 1 atom stereocenters. The Morgan fingerprint density at radius 2 is 1.78 bits per heavy atom. The van der Waals surface area contributed by atoms with E-state index < -0.39 is 6.04 Å². The van der Waals surface area contributed by atoms with Crippen LogP contribution in [0.1, 0.15) is 38.7 Å². The number of carbonyl (C=O) groups is 2.